The fourth-order valence-corrected chi connectivity index (χ4v) is 4.60. The quantitative estimate of drug-likeness (QED) is 0.248. The number of methoxy groups -OCH3 is 2. The average molecular weight is 504 g/mol. The minimum atomic E-state index is -1.62. The molecule has 0 fully saturated rings. The van der Waals surface area contributed by atoms with Crippen LogP contribution in [-0.2, 0) is 34.1 Å². The van der Waals surface area contributed by atoms with Gasteiger partial charge in [-0.3, -0.25) is 14.4 Å². The first-order valence-electron chi connectivity index (χ1n) is 11.6. The molecule has 0 bridgehead atoms. The number of carboxylic acid groups (broad SMARTS) is 1. The van der Waals surface area contributed by atoms with Crippen molar-refractivity contribution in [1.29, 1.82) is 0 Å². The summed E-state index contributed by atoms with van der Waals surface area (Å²) in [5.41, 5.74) is 0.390. The Kier molecular flexibility index (Phi) is 8.79. The van der Waals surface area contributed by atoms with E-state index in [0.717, 1.165) is 14.2 Å². The molecule has 0 saturated heterocycles. The lowest BCUT2D eigenvalue weighted by molar-refractivity contribution is -0.163. The van der Waals surface area contributed by atoms with Gasteiger partial charge < -0.3 is 19.9 Å². The fraction of sp³-hybridized carbons (Fsp3) is 0.241. The zero-order valence-corrected chi connectivity index (χ0v) is 20.8. The van der Waals surface area contributed by atoms with Crippen LogP contribution in [0.5, 0.6) is 0 Å². The number of carboxylic acids is 1. The number of nitrogens with one attached hydrogen (secondary N) is 1. The van der Waals surface area contributed by atoms with Crippen molar-refractivity contribution >= 4 is 23.8 Å². The summed E-state index contributed by atoms with van der Waals surface area (Å²) in [6.07, 6.45) is 0. The lowest BCUT2D eigenvalue weighted by Gasteiger charge is -2.36. The average Bonchev–Trinajstić information content (AvgIpc) is 2.93. The first-order chi connectivity index (χ1) is 17.8. The van der Waals surface area contributed by atoms with Crippen LogP contribution in [0.25, 0.3) is 0 Å². The van der Waals surface area contributed by atoms with E-state index in [2.05, 4.69) is 5.32 Å². The zero-order chi connectivity index (χ0) is 27.0. The number of benzene rings is 3. The molecule has 8 heteroatoms. The smallest absolute Gasteiger partial charge is 0.326 e. The molecule has 3 aromatic carbocycles. The first-order valence-corrected chi connectivity index (χ1v) is 11.6. The van der Waals surface area contributed by atoms with Crippen LogP contribution < -0.4 is 5.32 Å². The molecule has 3 rings (SSSR count). The Bertz CT molecular complexity index is 1120. The van der Waals surface area contributed by atoms with Gasteiger partial charge >= 0.3 is 17.9 Å². The molecule has 0 aromatic heterocycles. The van der Waals surface area contributed by atoms with Crippen LogP contribution in [0.3, 0.4) is 0 Å². The molecule has 2 atom stereocenters. The van der Waals surface area contributed by atoms with E-state index in [9.17, 15) is 24.3 Å². The second kappa shape index (κ2) is 12.0. The van der Waals surface area contributed by atoms with Crippen LogP contribution in [0.1, 0.15) is 23.6 Å². The first kappa shape index (κ1) is 27.1. The third kappa shape index (κ3) is 5.38. The molecule has 37 heavy (non-hydrogen) atoms. The fourth-order valence-electron chi connectivity index (χ4n) is 4.60. The normalized spacial score (nSPS) is 12.8. The molecule has 1 amide bonds. The molecule has 192 valence electrons. The van der Waals surface area contributed by atoms with Crippen molar-refractivity contribution in [2.75, 3.05) is 14.2 Å². The number of rotatable bonds is 10. The van der Waals surface area contributed by atoms with Gasteiger partial charge in [-0.1, -0.05) is 97.9 Å². The molecule has 0 aliphatic rings. The molecule has 0 aliphatic heterocycles. The Balaban J connectivity index is 2.20. The van der Waals surface area contributed by atoms with Crippen LogP contribution in [0.2, 0.25) is 0 Å². The van der Waals surface area contributed by atoms with Gasteiger partial charge in [0, 0.05) is 5.92 Å². The van der Waals surface area contributed by atoms with Gasteiger partial charge in [0.25, 0.3) is 0 Å². The van der Waals surface area contributed by atoms with Gasteiger partial charge in [-0.05, 0) is 16.7 Å². The Morgan fingerprint density at radius 3 is 1.35 bits per heavy atom. The minimum absolute atomic E-state index is 0.610. The maximum Gasteiger partial charge on any atom is 0.326 e. The van der Waals surface area contributed by atoms with Crippen molar-refractivity contribution in [3.05, 3.63) is 108 Å². The molecule has 2 N–H and O–H groups in total. The number of hydrogen-bond donors (Lipinski definition) is 2. The molecular weight excluding hydrogens is 474 g/mol. The minimum Gasteiger partial charge on any atom is -0.480 e. The maximum absolute atomic E-state index is 14.4. The number of ether oxygens (including phenoxy) is 2. The Morgan fingerprint density at radius 1 is 0.703 bits per heavy atom. The molecule has 0 unspecified atom stereocenters. The summed E-state index contributed by atoms with van der Waals surface area (Å²) in [6, 6.07) is 25.4. The summed E-state index contributed by atoms with van der Waals surface area (Å²) < 4.78 is 9.44. The molecule has 0 heterocycles. The van der Waals surface area contributed by atoms with Gasteiger partial charge in [-0.15, -0.1) is 0 Å². The lowest BCUT2D eigenvalue weighted by Crippen LogP contribution is -2.56. The van der Waals surface area contributed by atoms with Crippen molar-refractivity contribution in [2.45, 2.75) is 18.4 Å². The third-order valence-corrected chi connectivity index (χ3v) is 6.48. The highest BCUT2D eigenvalue weighted by Crippen LogP contribution is 2.40. The van der Waals surface area contributed by atoms with Crippen LogP contribution in [0.4, 0.5) is 0 Å². The lowest BCUT2D eigenvalue weighted by atomic mass is 9.68. The summed E-state index contributed by atoms with van der Waals surface area (Å²) in [7, 11) is 2.18. The van der Waals surface area contributed by atoms with Gasteiger partial charge in [0.05, 0.1) is 14.2 Å². The standard InChI is InChI=1S/C29H29NO7/c1-19(23(26(33)36-2)27(34)37-3)24(25(31)32)30-28(35)29(20-13-7-4-8-14-20,21-15-9-5-10-16-21)22-17-11-6-12-18-22/h4-19,23-24H,1-3H3,(H,30,35)(H,31,32)/t19-,24+/m1/s1. The van der Waals surface area contributed by atoms with Gasteiger partial charge in [0.2, 0.25) is 5.91 Å². The van der Waals surface area contributed by atoms with Crippen molar-refractivity contribution in [2.24, 2.45) is 11.8 Å². The highest BCUT2D eigenvalue weighted by atomic mass is 16.5. The Labute approximate surface area is 215 Å². The van der Waals surface area contributed by atoms with Gasteiger partial charge in [-0.2, -0.15) is 0 Å². The van der Waals surface area contributed by atoms with E-state index in [1.54, 1.807) is 72.8 Å². The predicted molar refractivity (Wildman–Crippen MR) is 135 cm³/mol. The van der Waals surface area contributed by atoms with E-state index in [1.165, 1.54) is 6.92 Å². The molecule has 3 aromatic rings. The van der Waals surface area contributed by atoms with Crippen molar-refractivity contribution < 1.29 is 33.8 Å². The van der Waals surface area contributed by atoms with Crippen LogP contribution in [0, 0.1) is 11.8 Å². The van der Waals surface area contributed by atoms with Gasteiger partial charge in [0.1, 0.15) is 11.5 Å². The molecular formula is C29H29NO7. The van der Waals surface area contributed by atoms with E-state index in [-0.39, 0.29) is 0 Å². The third-order valence-electron chi connectivity index (χ3n) is 6.48. The van der Waals surface area contributed by atoms with Crippen LogP contribution in [-0.4, -0.2) is 49.2 Å². The van der Waals surface area contributed by atoms with E-state index in [0.29, 0.717) is 16.7 Å². The highest BCUT2D eigenvalue weighted by Gasteiger charge is 2.48. The summed E-state index contributed by atoms with van der Waals surface area (Å²) in [6.45, 7) is 1.38. The van der Waals surface area contributed by atoms with Gasteiger partial charge in [0.15, 0.2) is 5.92 Å². The molecule has 0 radical (unpaired) electrons. The molecule has 8 nitrogen and oxygen atoms in total. The molecule has 0 aliphatic carbocycles. The Hall–Kier alpha value is -4.46. The summed E-state index contributed by atoms with van der Waals surface area (Å²) in [5.74, 6) is -6.72. The summed E-state index contributed by atoms with van der Waals surface area (Å²) in [5, 5.41) is 12.7. The number of carbonyl (C=O) groups is 4. The number of amides is 1. The second-order valence-electron chi connectivity index (χ2n) is 8.52. The number of carbonyl (C=O) groups excluding carboxylic acids is 3. The number of hydrogen-bond acceptors (Lipinski definition) is 6. The molecule has 0 saturated carbocycles. The van der Waals surface area contributed by atoms with E-state index >= 15 is 0 Å². The number of esters is 2. The van der Waals surface area contributed by atoms with Crippen LogP contribution in [0.15, 0.2) is 91.0 Å². The summed E-state index contributed by atoms with van der Waals surface area (Å²) >= 11 is 0. The van der Waals surface area contributed by atoms with Gasteiger partial charge in [-0.25, -0.2) is 4.79 Å². The highest BCUT2D eigenvalue weighted by molar-refractivity contribution is 5.99. The topological polar surface area (TPSA) is 119 Å². The maximum atomic E-state index is 14.4. The van der Waals surface area contributed by atoms with E-state index < -0.39 is 47.1 Å². The number of aliphatic carboxylic acids is 1. The van der Waals surface area contributed by atoms with Crippen LogP contribution >= 0.6 is 0 Å². The predicted octanol–water partition coefficient (Wildman–Crippen LogP) is 3.19. The van der Waals surface area contributed by atoms with E-state index in [1.807, 2.05) is 18.2 Å². The second-order valence-corrected chi connectivity index (χ2v) is 8.52. The Morgan fingerprint density at radius 2 is 1.05 bits per heavy atom. The monoisotopic (exact) mass is 503 g/mol. The summed E-state index contributed by atoms with van der Waals surface area (Å²) in [4.78, 5) is 51.6. The SMILES string of the molecule is COC(=O)C(C(=O)OC)[C@@H](C)[C@H](NC(=O)C(c1ccccc1)(c1ccccc1)c1ccccc1)C(=O)O. The van der Waals surface area contributed by atoms with Crippen molar-refractivity contribution in [3.8, 4) is 0 Å². The van der Waals surface area contributed by atoms with Crippen molar-refractivity contribution in [3.63, 3.8) is 0 Å². The zero-order valence-electron chi connectivity index (χ0n) is 20.8. The van der Waals surface area contributed by atoms with Crippen molar-refractivity contribution in [1.82, 2.24) is 5.32 Å². The largest absolute Gasteiger partial charge is 0.480 e. The van der Waals surface area contributed by atoms with E-state index in [4.69, 9.17) is 9.47 Å². The molecule has 0 spiro atoms.